The molecule has 0 spiro atoms. The highest BCUT2D eigenvalue weighted by molar-refractivity contribution is 5.91. The minimum Gasteiger partial charge on any atom is -0.487 e. The first-order chi connectivity index (χ1) is 18.7. The van der Waals surface area contributed by atoms with Crippen LogP contribution in [0, 0.1) is 0 Å². The molecule has 3 aromatic rings. The van der Waals surface area contributed by atoms with Gasteiger partial charge >= 0.3 is 24.0 Å². The molecule has 0 aromatic heterocycles. The highest BCUT2D eigenvalue weighted by Gasteiger charge is 2.57. The van der Waals surface area contributed by atoms with Crippen molar-refractivity contribution in [2.45, 2.75) is 24.9 Å². The number of carbonyl (C=O) groups is 2. The average molecular weight is 568 g/mol. The first-order valence-electron chi connectivity index (χ1n) is 11.4. The molecule has 0 bridgehead atoms. The second kappa shape index (κ2) is 12.5. The van der Waals surface area contributed by atoms with Gasteiger partial charge in [-0.25, -0.2) is 14.0 Å². The molecular weight excluding hydrogens is 546 g/mol. The molecule has 3 aromatic carbocycles. The van der Waals surface area contributed by atoms with Crippen LogP contribution in [0.2, 0.25) is 0 Å². The fraction of sp³-hybridized carbons (Fsp3) is 0.185. The van der Waals surface area contributed by atoms with Gasteiger partial charge in [0.2, 0.25) is 0 Å². The highest BCUT2D eigenvalue weighted by Crippen LogP contribution is 2.35. The number of nitrogens with two attached hydrogens (primary N) is 2. The van der Waals surface area contributed by atoms with Crippen molar-refractivity contribution in [2.24, 2.45) is 0 Å². The Balaban J connectivity index is 1.49. The van der Waals surface area contributed by atoms with Gasteiger partial charge in [0.05, 0.1) is 5.56 Å². The number of esters is 2. The molecule has 40 heavy (non-hydrogen) atoms. The Hall–Kier alpha value is -4.68. The van der Waals surface area contributed by atoms with Gasteiger partial charge in [0.1, 0.15) is 18.1 Å². The van der Waals surface area contributed by atoms with E-state index in [0.29, 0.717) is 22.5 Å². The zero-order chi connectivity index (χ0) is 29.5. The molecule has 212 valence electrons. The molecular formula is C27H22F6N2O5. The van der Waals surface area contributed by atoms with E-state index < -0.39 is 36.8 Å². The van der Waals surface area contributed by atoms with Crippen LogP contribution in [0.3, 0.4) is 0 Å². The minimum absolute atomic E-state index is 0.0218. The van der Waals surface area contributed by atoms with E-state index in [0.717, 1.165) is 24.3 Å². The summed E-state index contributed by atoms with van der Waals surface area (Å²) in [4.78, 5) is 24.3. The SMILES string of the molecule is Nc1cc(N)cc(COC(=O)/C=C/c2ccc(OC(=O)c3ccc(OCC(F)(F)C(F)C(F)(F)F)cc3)cc2)c1. The van der Waals surface area contributed by atoms with Crippen LogP contribution in [0.1, 0.15) is 21.5 Å². The molecule has 0 amide bonds. The molecule has 0 heterocycles. The smallest absolute Gasteiger partial charge is 0.425 e. The first kappa shape index (κ1) is 29.9. The normalized spacial score (nSPS) is 12.7. The number of rotatable bonds is 10. The van der Waals surface area contributed by atoms with E-state index >= 15 is 0 Å². The van der Waals surface area contributed by atoms with E-state index in [1.807, 2.05) is 0 Å². The number of alkyl halides is 6. The zero-order valence-electron chi connectivity index (χ0n) is 20.5. The summed E-state index contributed by atoms with van der Waals surface area (Å²) < 4.78 is 91.1. The van der Waals surface area contributed by atoms with Gasteiger partial charge in [-0.05, 0) is 71.8 Å². The maximum absolute atomic E-state index is 13.4. The van der Waals surface area contributed by atoms with Gasteiger partial charge in [-0.3, -0.25) is 0 Å². The summed E-state index contributed by atoms with van der Waals surface area (Å²) in [5.41, 5.74) is 13.5. The van der Waals surface area contributed by atoms with E-state index in [-0.39, 0.29) is 23.7 Å². The van der Waals surface area contributed by atoms with Crippen LogP contribution in [0.4, 0.5) is 37.7 Å². The van der Waals surface area contributed by atoms with Crippen molar-refractivity contribution in [1.29, 1.82) is 0 Å². The molecule has 0 fully saturated rings. The lowest BCUT2D eigenvalue weighted by Crippen LogP contribution is -2.45. The number of hydrogen-bond donors (Lipinski definition) is 2. The molecule has 1 unspecified atom stereocenters. The topological polar surface area (TPSA) is 114 Å². The number of nitrogen functional groups attached to an aromatic ring is 2. The molecule has 1 atom stereocenters. The summed E-state index contributed by atoms with van der Waals surface area (Å²) in [7, 11) is 0. The number of anilines is 2. The number of carbonyl (C=O) groups excluding carboxylic acids is 2. The minimum atomic E-state index is -5.74. The van der Waals surface area contributed by atoms with Crippen molar-refractivity contribution in [3.8, 4) is 11.5 Å². The van der Waals surface area contributed by atoms with Crippen LogP contribution in [0.15, 0.2) is 72.8 Å². The largest absolute Gasteiger partial charge is 0.487 e. The Morgan fingerprint density at radius 2 is 1.43 bits per heavy atom. The summed E-state index contributed by atoms with van der Waals surface area (Å²) >= 11 is 0. The summed E-state index contributed by atoms with van der Waals surface area (Å²) in [6, 6.07) is 15.2. The lowest BCUT2D eigenvalue weighted by Gasteiger charge is -2.22. The number of hydrogen-bond acceptors (Lipinski definition) is 7. The molecule has 0 aliphatic carbocycles. The van der Waals surface area contributed by atoms with Gasteiger partial charge in [0.25, 0.3) is 6.17 Å². The summed E-state index contributed by atoms with van der Waals surface area (Å²) in [5, 5.41) is 0. The molecule has 0 aliphatic rings. The molecule has 4 N–H and O–H groups in total. The Morgan fingerprint density at radius 3 is 2.00 bits per heavy atom. The van der Waals surface area contributed by atoms with E-state index in [9.17, 15) is 35.9 Å². The van der Waals surface area contributed by atoms with Gasteiger partial charge < -0.3 is 25.7 Å². The molecule has 0 saturated heterocycles. The Kier molecular flexibility index (Phi) is 9.30. The third-order valence-corrected chi connectivity index (χ3v) is 5.10. The quantitative estimate of drug-likeness (QED) is 0.105. The van der Waals surface area contributed by atoms with Gasteiger partial charge in [-0.2, -0.15) is 22.0 Å². The Morgan fingerprint density at radius 1 is 0.850 bits per heavy atom. The number of ether oxygens (including phenoxy) is 3. The maximum Gasteiger partial charge on any atom is 0.425 e. The van der Waals surface area contributed by atoms with E-state index in [4.69, 9.17) is 20.9 Å². The molecule has 0 saturated carbocycles. The standard InChI is InChI=1S/C27H22F6N2O5/c28-25(27(31,32)33)26(29,30)15-39-21-8-4-18(5-9-21)24(37)40-22-6-1-16(2-7-22)3-10-23(36)38-14-17-11-19(34)13-20(35)12-17/h1-13,25H,14-15,34-35H2/b10-3+. The van der Waals surface area contributed by atoms with Crippen molar-refractivity contribution < 1.29 is 50.1 Å². The molecule has 0 aliphatic heterocycles. The lowest BCUT2D eigenvalue weighted by atomic mass is 10.2. The van der Waals surface area contributed by atoms with Crippen molar-refractivity contribution >= 4 is 29.4 Å². The molecule has 3 rings (SSSR count). The van der Waals surface area contributed by atoms with E-state index in [2.05, 4.69) is 4.74 Å². The van der Waals surface area contributed by atoms with Gasteiger partial charge in [0.15, 0.2) is 6.61 Å². The first-order valence-corrected chi connectivity index (χ1v) is 11.4. The summed E-state index contributed by atoms with van der Waals surface area (Å²) in [6.07, 6.45) is -7.45. The Bertz CT molecular complexity index is 1340. The van der Waals surface area contributed by atoms with Crippen LogP contribution in [-0.2, 0) is 16.1 Å². The van der Waals surface area contributed by atoms with E-state index in [1.165, 1.54) is 24.3 Å². The fourth-order valence-electron chi connectivity index (χ4n) is 3.19. The van der Waals surface area contributed by atoms with Crippen LogP contribution >= 0.6 is 0 Å². The summed E-state index contributed by atoms with van der Waals surface area (Å²) in [6.45, 7) is -1.88. The second-order valence-corrected chi connectivity index (χ2v) is 8.39. The molecule has 0 radical (unpaired) electrons. The highest BCUT2D eigenvalue weighted by atomic mass is 19.4. The Labute approximate surface area is 223 Å². The van der Waals surface area contributed by atoms with Crippen LogP contribution < -0.4 is 20.9 Å². The monoisotopic (exact) mass is 568 g/mol. The van der Waals surface area contributed by atoms with Crippen molar-refractivity contribution in [2.75, 3.05) is 18.1 Å². The van der Waals surface area contributed by atoms with Gasteiger partial charge in [-0.1, -0.05) is 12.1 Å². The predicted molar refractivity (Wildman–Crippen MR) is 133 cm³/mol. The van der Waals surface area contributed by atoms with Crippen LogP contribution in [-0.4, -0.2) is 36.8 Å². The molecule has 7 nitrogen and oxygen atoms in total. The average Bonchev–Trinajstić information content (AvgIpc) is 2.89. The third-order valence-electron chi connectivity index (χ3n) is 5.10. The van der Waals surface area contributed by atoms with Crippen molar-refractivity contribution in [3.63, 3.8) is 0 Å². The van der Waals surface area contributed by atoms with Crippen molar-refractivity contribution in [3.05, 3.63) is 89.5 Å². The molecule has 13 heteroatoms. The fourth-order valence-corrected chi connectivity index (χ4v) is 3.19. The number of halogens is 6. The van der Waals surface area contributed by atoms with Gasteiger partial charge in [-0.15, -0.1) is 0 Å². The van der Waals surface area contributed by atoms with Crippen molar-refractivity contribution in [1.82, 2.24) is 0 Å². The van der Waals surface area contributed by atoms with Crippen LogP contribution in [0.25, 0.3) is 6.08 Å². The predicted octanol–water partition coefficient (Wildman–Crippen LogP) is 5.74. The zero-order valence-corrected chi connectivity index (χ0v) is 20.5. The third kappa shape index (κ3) is 8.68. The van der Waals surface area contributed by atoms with E-state index in [1.54, 1.807) is 30.3 Å². The lowest BCUT2D eigenvalue weighted by molar-refractivity contribution is -0.250. The second-order valence-electron chi connectivity index (χ2n) is 8.39. The summed E-state index contributed by atoms with van der Waals surface area (Å²) in [5.74, 6) is -6.41. The number of benzene rings is 3. The maximum atomic E-state index is 13.4. The van der Waals surface area contributed by atoms with Gasteiger partial charge in [0, 0.05) is 17.5 Å². The van der Waals surface area contributed by atoms with Crippen LogP contribution in [0.5, 0.6) is 11.5 Å².